The van der Waals surface area contributed by atoms with Crippen molar-refractivity contribution in [3.05, 3.63) is 0 Å². The number of nitrogens with zero attached hydrogens (tertiary/aromatic N) is 1. The van der Waals surface area contributed by atoms with Crippen LogP contribution in [0.2, 0.25) is 0 Å². The molecule has 7 nitrogen and oxygen atoms in total. The first-order chi connectivity index (χ1) is 8.52. The number of rotatable bonds is 6. The fourth-order valence-electron chi connectivity index (χ4n) is 2.01. The summed E-state index contributed by atoms with van der Waals surface area (Å²) in [6.45, 7) is 4.09. The Hall–Kier alpha value is -1.34. The number of carbonyl (C=O) groups is 2. The Bertz CT molecular complexity index is 292. The number of carboxylic acids is 1. The van der Waals surface area contributed by atoms with Crippen molar-refractivity contribution in [2.75, 3.05) is 26.2 Å². The monoisotopic (exact) mass is 259 g/mol. The van der Waals surface area contributed by atoms with Crippen molar-refractivity contribution >= 4 is 12.0 Å². The predicted molar refractivity (Wildman–Crippen MR) is 65.3 cm³/mol. The van der Waals surface area contributed by atoms with Gasteiger partial charge in [-0.2, -0.15) is 0 Å². The van der Waals surface area contributed by atoms with Gasteiger partial charge in [0.25, 0.3) is 0 Å². The third kappa shape index (κ3) is 4.89. The van der Waals surface area contributed by atoms with Crippen molar-refractivity contribution in [1.82, 2.24) is 15.5 Å². The molecule has 2 atom stereocenters. The van der Waals surface area contributed by atoms with Gasteiger partial charge in [-0.15, -0.1) is 0 Å². The molecule has 4 N–H and O–H groups in total. The number of aliphatic hydroxyl groups is 1. The lowest BCUT2D eigenvalue weighted by Crippen LogP contribution is -2.51. The highest BCUT2D eigenvalue weighted by Gasteiger charge is 2.20. The van der Waals surface area contributed by atoms with Crippen molar-refractivity contribution in [2.24, 2.45) is 0 Å². The molecule has 104 valence electrons. The molecule has 0 aromatic rings. The predicted octanol–water partition coefficient (Wildman–Crippen LogP) is -0.785. The second-order valence-corrected chi connectivity index (χ2v) is 4.60. The molecule has 18 heavy (non-hydrogen) atoms. The average molecular weight is 259 g/mol. The van der Waals surface area contributed by atoms with Gasteiger partial charge >= 0.3 is 12.0 Å². The summed E-state index contributed by atoms with van der Waals surface area (Å²) in [6, 6.07) is -1.89. The van der Waals surface area contributed by atoms with Gasteiger partial charge in [-0.3, -0.25) is 0 Å². The van der Waals surface area contributed by atoms with Crippen molar-refractivity contribution in [2.45, 2.75) is 31.8 Å². The number of likely N-dealkylation sites (tertiary alicyclic amines) is 1. The summed E-state index contributed by atoms with van der Waals surface area (Å²) in [5.74, 6) is -1.25. The van der Waals surface area contributed by atoms with E-state index in [1.165, 1.54) is 12.8 Å². The van der Waals surface area contributed by atoms with Crippen molar-refractivity contribution in [3.8, 4) is 0 Å². The average Bonchev–Trinajstić information content (AvgIpc) is 2.77. The fourth-order valence-corrected chi connectivity index (χ4v) is 2.01. The second-order valence-electron chi connectivity index (χ2n) is 4.60. The lowest BCUT2D eigenvalue weighted by atomic mass is 10.3. The number of urea groups is 1. The van der Waals surface area contributed by atoms with E-state index in [4.69, 9.17) is 10.2 Å². The molecule has 1 aliphatic heterocycles. The number of carbonyl (C=O) groups excluding carboxylic acids is 1. The Labute approximate surface area is 106 Å². The highest BCUT2D eigenvalue weighted by molar-refractivity contribution is 5.82. The maximum Gasteiger partial charge on any atom is 0.328 e. The van der Waals surface area contributed by atoms with Gasteiger partial charge in [0.2, 0.25) is 0 Å². The molecule has 1 aliphatic rings. The van der Waals surface area contributed by atoms with Crippen LogP contribution < -0.4 is 10.6 Å². The molecule has 2 amide bonds. The largest absolute Gasteiger partial charge is 0.480 e. The van der Waals surface area contributed by atoms with Crippen molar-refractivity contribution in [3.63, 3.8) is 0 Å². The minimum absolute atomic E-state index is 0.0590. The zero-order valence-corrected chi connectivity index (χ0v) is 10.6. The van der Waals surface area contributed by atoms with E-state index in [-0.39, 0.29) is 6.04 Å². The summed E-state index contributed by atoms with van der Waals surface area (Å²) >= 11 is 0. The minimum Gasteiger partial charge on any atom is -0.480 e. The van der Waals surface area contributed by atoms with Crippen molar-refractivity contribution in [1.29, 1.82) is 0 Å². The Morgan fingerprint density at radius 2 is 1.89 bits per heavy atom. The third-order valence-electron chi connectivity index (χ3n) is 2.89. The Kier molecular flexibility index (Phi) is 5.87. The van der Waals surface area contributed by atoms with Gasteiger partial charge in [0.15, 0.2) is 6.04 Å². The first-order valence-electron chi connectivity index (χ1n) is 6.16. The lowest BCUT2D eigenvalue weighted by molar-refractivity contribution is -0.140. The smallest absolute Gasteiger partial charge is 0.328 e. The number of nitrogens with one attached hydrogen (secondary N) is 2. The Balaban J connectivity index is 2.27. The third-order valence-corrected chi connectivity index (χ3v) is 2.89. The van der Waals surface area contributed by atoms with E-state index in [0.29, 0.717) is 0 Å². The summed E-state index contributed by atoms with van der Waals surface area (Å²) in [7, 11) is 0. The molecule has 0 spiro atoms. The topological polar surface area (TPSA) is 102 Å². The van der Waals surface area contributed by atoms with Crippen LogP contribution in [0.3, 0.4) is 0 Å². The minimum atomic E-state index is -1.26. The first-order valence-corrected chi connectivity index (χ1v) is 6.16. The number of carboxylic acid groups (broad SMARTS) is 1. The number of hydrogen-bond donors (Lipinski definition) is 4. The van der Waals surface area contributed by atoms with E-state index in [2.05, 4.69) is 15.5 Å². The summed E-state index contributed by atoms with van der Waals surface area (Å²) in [4.78, 5) is 24.4. The van der Waals surface area contributed by atoms with Gasteiger partial charge in [0.05, 0.1) is 6.61 Å². The molecule has 0 aliphatic carbocycles. The van der Waals surface area contributed by atoms with Crippen molar-refractivity contribution < 1.29 is 19.8 Å². The van der Waals surface area contributed by atoms with Gasteiger partial charge in [-0.25, -0.2) is 9.59 Å². The molecular formula is C11H21N3O4. The normalized spacial score (nSPS) is 19.2. The van der Waals surface area contributed by atoms with Crippen LogP contribution in [-0.2, 0) is 4.79 Å². The lowest BCUT2D eigenvalue weighted by Gasteiger charge is -2.22. The van der Waals surface area contributed by atoms with E-state index in [1.807, 2.05) is 6.92 Å². The molecule has 1 saturated heterocycles. The number of amides is 2. The number of hydrogen-bond acceptors (Lipinski definition) is 4. The molecule has 1 heterocycles. The van der Waals surface area contributed by atoms with Crippen LogP contribution in [0.4, 0.5) is 4.79 Å². The molecule has 0 aromatic heterocycles. The summed E-state index contributed by atoms with van der Waals surface area (Å²) < 4.78 is 0. The van der Waals surface area contributed by atoms with Crippen LogP contribution >= 0.6 is 0 Å². The van der Waals surface area contributed by atoms with Gasteiger partial charge in [0.1, 0.15) is 0 Å². The Morgan fingerprint density at radius 1 is 1.28 bits per heavy atom. The van der Waals surface area contributed by atoms with E-state index in [0.717, 1.165) is 19.6 Å². The number of aliphatic hydroxyl groups excluding tert-OH is 1. The quantitative estimate of drug-likeness (QED) is 0.501. The zero-order valence-electron chi connectivity index (χ0n) is 10.6. The van der Waals surface area contributed by atoms with Gasteiger partial charge in [-0.1, -0.05) is 0 Å². The SMILES string of the molecule is CC(CN1CCCC1)NC(=O)NC(CO)C(=O)O. The summed E-state index contributed by atoms with van der Waals surface area (Å²) in [5.41, 5.74) is 0. The summed E-state index contributed by atoms with van der Waals surface area (Å²) in [5, 5.41) is 22.3. The highest BCUT2D eigenvalue weighted by atomic mass is 16.4. The number of aliphatic carboxylic acids is 1. The van der Waals surface area contributed by atoms with Crippen LogP contribution in [-0.4, -0.2) is 65.4 Å². The van der Waals surface area contributed by atoms with E-state index in [9.17, 15) is 9.59 Å². The Morgan fingerprint density at radius 3 is 2.39 bits per heavy atom. The van der Waals surface area contributed by atoms with Gasteiger partial charge in [-0.05, 0) is 32.9 Å². The molecule has 2 unspecified atom stereocenters. The molecule has 0 aromatic carbocycles. The fraction of sp³-hybridized carbons (Fsp3) is 0.818. The molecule has 7 heteroatoms. The molecular weight excluding hydrogens is 238 g/mol. The van der Waals surface area contributed by atoms with Crippen LogP contribution in [0.1, 0.15) is 19.8 Å². The highest BCUT2D eigenvalue weighted by Crippen LogP contribution is 2.07. The molecule has 1 rings (SSSR count). The zero-order chi connectivity index (χ0) is 13.5. The van der Waals surface area contributed by atoms with Gasteiger partial charge in [0, 0.05) is 12.6 Å². The maximum atomic E-state index is 11.5. The molecule has 0 bridgehead atoms. The second kappa shape index (κ2) is 7.17. The van der Waals surface area contributed by atoms with Gasteiger partial charge < -0.3 is 25.7 Å². The summed E-state index contributed by atoms with van der Waals surface area (Å²) in [6.07, 6.45) is 2.37. The van der Waals surface area contributed by atoms with E-state index >= 15 is 0 Å². The molecule has 1 fully saturated rings. The standard InChI is InChI=1S/C11H21N3O4/c1-8(6-14-4-2-3-5-14)12-11(18)13-9(7-15)10(16)17/h8-9,15H,2-7H2,1H3,(H,16,17)(H2,12,13,18). The maximum absolute atomic E-state index is 11.5. The molecule has 0 saturated carbocycles. The van der Waals surface area contributed by atoms with Crippen LogP contribution in [0.5, 0.6) is 0 Å². The van der Waals surface area contributed by atoms with Crippen LogP contribution in [0, 0.1) is 0 Å². The first kappa shape index (κ1) is 14.7. The van der Waals surface area contributed by atoms with Crippen LogP contribution in [0.15, 0.2) is 0 Å². The molecule has 0 radical (unpaired) electrons. The van der Waals surface area contributed by atoms with Crippen LogP contribution in [0.25, 0.3) is 0 Å². The van der Waals surface area contributed by atoms with E-state index in [1.54, 1.807) is 0 Å². The van der Waals surface area contributed by atoms with E-state index < -0.39 is 24.6 Å².